The first-order chi connectivity index (χ1) is 5.52. The Morgan fingerprint density at radius 1 is 1.50 bits per heavy atom. The topological polar surface area (TPSA) is 67.5 Å². The molecule has 0 atom stereocenters. The molecule has 0 aromatic carbocycles. The van der Waals surface area contributed by atoms with Gasteiger partial charge in [0.2, 0.25) is 0 Å². The van der Waals surface area contributed by atoms with Gasteiger partial charge in [-0.25, -0.2) is 9.59 Å². The lowest BCUT2D eigenvalue weighted by atomic mass is 10.1. The third-order valence-corrected chi connectivity index (χ3v) is 1.49. The molecule has 0 radical (unpaired) electrons. The molecule has 4 heteroatoms. The Hall–Kier alpha value is -1.58. The molecule has 1 heterocycles. The first-order valence-corrected chi connectivity index (χ1v) is 3.37. The molecule has 0 aliphatic rings. The largest absolute Gasteiger partial charge is 0.477 e. The van der Waals surface area contributed by atoms with Crippen LogP contribution < -0.4 is 5.63 Å². The maximum atomic E-state index is 11.0. The third kappa shape index (κ3) is 1.37. The summed E-state index contributed by atoms with van der Waals surface area (Å²) in [6.45, 7) is 3.16. The lowest BCUT2D eigenvalue weighted by Crippen LogP contribution is -2.15. The average molecular weight is 168 g/mol. The van der Waals surface area contributed by atoms with E-state index in [1.807, 2.05) is 0 Å². The van der Waals surface area contributed by atoms with E-state index in [1.165, 1.54) is 6.07 Å². The monoisotopic (exact) mass is 168 g/mol. The molecular formula is C8H8O4. The van der Waals surface area contributed by atoms with E-state index in [9.17, 15) is 9.59 Å². The average Bonchev–Trinajstić information content (AvgIpc) is 1.82. The van der Waals surface area contributed by atoms with Gasteiger partial charge in [-0.2, -0.15) is 0 Å². The number of carbonyl (C=O) groups is 1. The van der Waals surface area contributed by atoms with Gasteiger partial charge in [-0.1, -0.05) is 0 Å². The highest BCUT2D eigenvalue weighted by Crippen LogP contribution is 2.04. The van der Waals surface area contributed by atoms with Crippen LogP contribution in [0.3, 0.4) is 0 Å². The van der Waals surface area contributed by atoms with Crippen LogP contribution in [0, 0.1) is 13.8 Å². The second-order valence-corrected chi connectivity index (χ2v) is 2.51. The van der Waals surface area contributed by atoms with E-state index in [0.717, 1.165) is 0 Å². The van der Waals surface area contributed by atoms with Gasteiger partial charge in [0, 0.05) is 0 Å². The molecule has 0 aliphatic carbocycles. The number of aromatic carboxylic acids is 1. The SMILES string of the molecule is Cc1cc(C)c(C(=O)O)c(=O)o1. The maximum absolute atomic E-state index is 11.0. The van der Waals surface area contributed by atoms with Crippen molar-refractivity contribution >= 4 is 5.97 Å². The van der Waals surface area contributed by atoms with Crippen LogP contribution >= 0.6 is 0 Å². The van der Waals surface area contributed by atoms with Gasteiger partial charge < -0.3 is 9.52 Å². The molecule has 64 valence electrons. The van der Waals surface area contributed by atoms with Crippen LogP contribution in [0.2, 0.25) is 0 Å². The third-order valence-electron chi connectivity index (χ3n) is 1.49. The summed E-state index contributed by atoms with van der Waals surface area (Å²) in [5, 5.41) is 8.58. The molecule has 0 bridgehead atoms. The smallest absolute Gasteiger partial charge is 0.350 e. The van der Waals surface area contributed by atoms with Gasteiger partial charge in [-0.15, -0.1) is 0 Å². The summed E-state index contributed by atoms with van der Waals surface area (Å²) in [5.74, 6) is -0.830. The molecule has 1 rings (SSSR count). The summed E-state index contributed by atoms with van der Waals surface area (Å²) in [4.78, 5) is 21.4. The Bertz CT molecular complexity index is 375. The van der Waals surface area contributed by atoms with E-state index in [2.05, 4.69) is 4.42 Å². The number of carboxylic acids is 1. The molecule has 0 amide bonds. The molecule has 0 unspecified atom stereocenters. The fourth-order valence-corrected chi connectivity index (χ4v) is 1.02. The zero-order chi connectivity index (χ0) is 9.30. The Labute approximate surface area is 68.4 Å². The van der Waals surface area contributed by atoms with Crippen molar-refractivity contribution in [2.45, 2.75) is 13.8 Å². The molecule has 0 saturated heterocycles. The first kappa shape index (κ1) is 8.52. The second kappa shape index (κ2) is 2.81. The van der Waals surface area contributed by atoms with Crippen LogP contribution in [0.1, 0.15) is 21.7 Å². The standard InChI is InChI=1S/C8H8O4/c1-4-3-5(2)12-8(11)6(4)7(9)10/h3H,1-2H3,(H,9,10). The predicted octanol–water partition coefficient (Wildman–Crippen LogP) is 0.955. The molecule has 1 aromatic heterocycles. The van der Waals surface area contributed by atoms with Gasteiger partial charge in [0.25, 0.3) is 0 Å². The van der Waals surface area contributed by atoms with Gasteiger partial charge in [0.1, 0.15) is 11.3 Å². The summed E-state index contributed by atoms with van der Waals surface area (Å²) in [7, 11) is 0. The Balaban J connectivity index is 3.49. The summed E-state index contributed by atoms with van der Waals surface area (Å²) < 4.78 is 4.61. The summed E-state index contributed by atoms with van der Waals surface area (Å²) in [6, 6.07) is 1.52. The zero-order valence-corrected chi connectivity index (χ0v) is 6.75. The molecule has 0 saturated carbocycles. The Morgan fingerprint density at radius 3 is 2.50 bits per heavy atom. The summed E-state index contributed by atoms with van der Waals surface area (Å²) in [6.07, 6.45) is 0. The van der Waals surface area contributed by atoms with Crippen LogP contribution in [-0.4, -0.2) is 11.1 Å². The number of carboxylic acid groups (broad SMARTS) is 1. The summed E-state index contributed by atoms with van der Waals surface area (Å²) >= 11 is 0. The molecular weight excluding hydrogens is 160 g/mol. The number of aryl methyl sites for hydroxylation is 2. The van der Waals surface area contributed by atoms with Crippen molar-refractivity contribution in [1.29, 1.82) is 0 Å². The first-order valence-electron chi connectivity index (χ1n) is 3.37. The highest BCUT2D eigenvalue weighted by atomic mass is 16.4. The molecule has 12 heavy (non-hydrogen) atoms. The van der Waals surface area contributed by atoms with Crippen LogP contribution in [-0.2, 0) is 0 Å². The minimum atomic E-state index is -1.25. The van der Waals surface area contributed by atoms with Gasteiger partial charge in [0.15, 0.2) is 0 Å². The molecule has 4 nitrogen and oxygen atoms in total. The normalized spacial score (nSPS) is 9.83. The number of hydrogen-bond acceptors (Lipinski definition) is 3. The minimum absolute atomic E-state index is 0.291. The zero-order valence-electron chi connectivity index (χ0n) is 6.75. The van der Waals surface area contributed by atoms with Crippen molar-refractivity contribution in [3.8, 4) is 0 Å². The van der Waals surface area contributed by atoms with Crippen LogP contribution in [0.5, 0.6) is 0 Å². The van der Waals surface area contributed by atoms with Gasteiger partial charge >= 0.3 is 11.6 Å². The van der Waals surface area contributed by atoms with E-state index in [1.54, 1.807) is 13.8 Å². The number of rotatable bonds is 1. The Kier molecular flexibility index (Phi) is 1.99. The van der Waals surface area contributed by atoms with E-state index in [-0.39, 0.29) is 5.56 Å². The molecule has 0 spiro atoms. The van der Waals surface area contributed by atoms with Crippen LogP contribution in [0.25, 0.3) is 0 Å². The van der Waals surface area contributed by atoms with E-state index >= 15 is 0 Å². The molecule has 0 aliphatic heterocycles. The Morgan fingerprint density at radius 2 is 2.08 bits per heavy atom. The fourth-order valence-electron chi connectivity index (χ4n) is 1.02. The minimum Gasteiger partial charge on any atom is -0.477 e. The van der Waals surface area contributed by atoms with E-state index in [0.29, 0.717) is 11.3 Å². The van der Waals surface area contributed by atoms with Gasteiger partial charge in [-0.05, 0) is 25.5 Å². The highest BCUT2D eigenvalue weighted by molar-refractivity contribution is 5.88. The van der Waals surface area contributed by atoms with Crippen molar-refractivity contribution in [2.75, 3.05) is 0 Å². The van der Waals surface area contributed by atoms with Crippen molar-refractivity contribution < 1.29 is 14.3 Å². The highest BCUT2D eigenvalue weighted by Gasteiger charge is 2.13. The van der Waals surface area contributed by atoms with E-state index in [4.69, 9.17) is 5.11 Å². The molecule has 1 aromatic rings. The maximum Gasteiger partial charge on any atom is 0.350 e. The number of hydrogen-bond donors (Lipinski definition) is 1. The molecule has 0 fully saturated rings. The lowest BCUT2D eigenvalue weighted by Gasteiger charge is -1.98. The van der Waals surface area contributed by atoms with Crippen molar-refractivity contribution in [1.82, 2.24) is 0 Å². The summed E-state index contributed by atoms with van der Waals surface area (Å²) in [5.41, 5.74) is -0.656. The molecule has 1 N–H and O–H groups in total. The van der Waals surface area contributed by atoms with Gasteiger partial charge in [-0.3, -0.25) is 0 Å². The quantitative estimate of drug-likeness (QED) is 0.678. The van der Waals surface area contributed by atoms with Crippen LogP contribution in [0.15, 0.2) is 15.3 Å². The second-order valence-electron chi connectivity index (χ2n) is 2.51. The predicted molar refractivity (Wildman–Crippen MR) is 41.4 cm³/mol. The lowest BCUT2D eigenvalue weighted by molar-refractivity contribution is 0.0691. The van der Waals surface area contributed by atoms with Crippen molar-refractivity contribution in [2.24, 2.45) is 0 Å². The van der Waals surface area contributed by atoms with Crippen molar-refractivity contribution in [3.63, 3.8) is 0 Å². The fraction of sp³-hybridized carbons (Fsp3) is 0.250. The van der Waals surface area contributed by atoms with Crippen LogP contribution in [0.4, 0.5) is 0 Å². The van der Waals surface area contributed by atoms with Crippen molar-refractivity contribution in [3.05, 3.63) is 33.4 Å². The van der Waals surface area contributed by atoms with Gasteiger partial charge in [0.05, 0.1) is 0 Å². The van der Waals surface area contributed by atoms with E-state index < -0.39 is 11.6 Å².